The Kier molecular flexibility index (Phi) is 5.55. The zero-order chi connectivity index (χ0) is 17.8. The lowest BCUT2D eigenvalue weighted by Gasteiger charge is -2.32. The number of piperidine rings is 1. The van der Waals surface area contributed by atoms with E-state index in [-0.39, 0.29) is 16.8 Å². The molecule has 2 aromatic rings. The maximum absolute atomic E-state index is 12.7. The van der Waals surface area contributed by atoms with E-state index in [0.29, 0.717) is 25.3 Å². The van der Waals surface area contributed by atoms with Crippen LogP contribution in [0.2, 0.25) is 5.02 Å². The van der Waals surface area contributed by atoms with Crippen LogP contribution >= 0.6 is 11.6 Å². The van der Waals surface area contributed by atoms with Crippen molar-refractivity contribution in [2.45, 2.75) is 25.3 Å². The molecule has 1 aliphatic rings. The molecule has 3 rings (SSSR count). The summed E-state index contributed by atoms with van der Waals surface area (Å²) in [5.41, 5.74) is 0.00267. The van der Waals surface area contributed by atoms with Crippen LogP contribution in [0.25, 0.3) is 0 Å². The summed E-state index contributed by atoms with van der Waals surface area (Å²) >= 11 is 5.84. The number of nitrogens with zero attached hydrogens (tertiary/aromatic N) is 3. The number of hydrogen-bond acceptors (Lipinski definition) is 4. The summed E-state index contributed by atoms with van der Waals surface area (Å²) in [7, 11) is 1.67. The molecule has 0 saturated carbocycles. The molecule has 0 unspecified atom stereocenters. The Hall–Kier alpha value is -2.12. The highest BCUT2D eigenvalue weighted by atomic mass is 35.5. The molecule has 134 valence electrons. The smallest absolute Gasteiger partial charge is 0.266 e. The number of nitrogens with one attached hydrogen (secondary N) is 1. The van der Waals surface area contributed by atoms with Gasteiger partial charge in [0.1, 0.15) is 10.8 Å². The van der Waals surface area contributed by atoms with Crippen molar-refractivity contribution < 1.29 is 9.53 Å². The van der Waals surface area contributed by atoms with Crippen molar-refractivity contribution in [2.75, 3.05) is 26.8 Å². The highest BCUT2D eigenvalue weighted by Crippen LogP contribution is 2.27. The second kappa shape index (κ2) is 7.84. The molecule has 2 aromatic heterocycles. The zero-order valence-electron chi connectivity index (χ0n) is 14.1. The molecule has 1 atom stereocenters. The SMILES string of the molecule is COCCn1ccnc1[C@@H]1CCCN(C(=O)c2c[nH]c(=O)c(Cl)c2)C1. The third-order valence-corrected chi connectivity index (χ3v) is 4.74. The van der Waals surface area contributed by atoms with Crippen molar-refractivity contribution in [1.29, 1.82) is 0 Å². The van der Waals surface area contributed by atoms with Crippen molar-refractivity contribution >= 4 is 17.5 Å². The van der Waals surface area contributed by atoms with Crippen LogP contribution in [0.4, 0.5) is 0 Å². The predicted octanol–water partition coefficient (Wildman–Crippen LogP) is 1.89. The number of aromatic nitrogens is 3. The van der Waals surface area contributed by atoms with Gasteiger partial charge >= 0.3 is 0 Å². The van der Waals surface area contributed by atoms with E-state index in [4.69, 9.17) is 16.3 Å². The Morgan fingerprint density at radius 3 is 3.12 bits per heavy atom. The van der Waals surface area contributed by atoms with Crippen LogP contribution in [0.3, 0.4) is 0 Å². The summed E-state index contributed by atoms with van der Waals surface area (Å²) in [6.45, 7) is 2.64. The molecule has 1 fully saturated rings. The molecule has 1 amide bonds. The van der Waals surface area contributed by atoms with E-state index in [1.807, 2.05) is 6.20 Å². The molecule has 1 N–H and O–H groups in total. The number of pyridine rings is 1. The average molecular weight is 365 g/mol. The molecule has 7 nitrogen and oxygen atoms in total. The van der Waals surface area contributed by atoms with E-state index in [0.717, 1.165) is 25.2 Å². The number of methoxy groups -OCH3 is 1. The van der Waals surface area contributed by atoms with Crippen molar-refractivity contribution in [3.63, 3.8) is 0 Å². The number of likely N-dealkylation sites (tertiary alicyclic amines) is 1. The highest BCUT2D eigenvalue weighted by molar-refractivity contribution is 6.30. The molecule has 1 saturated heterocycles. The van der Waals surface area contributed by atoms with E-state index >= 15 is 0 Å². The maximum Gasteiger partial charge on any atom is 0.266 e. The van der Waals surface area contributed by atoms with Gasteiger partial charge in [-0.1, -0.05) is 11.6 Å². The summed E-state index contributed by atoms with van der Waals surface area (Å²) in [5.74, 6) is 1.04. The second-order valence-electron chi connectivity index (χ2n) is 6.13. The van der Waals surface area contributed by atoms with Gasteiger partial charge in [-0.15, -0.1) is 0 Å². The highest BCUT2D eigenvalue weighted by Gasteiger charge is 2.28. The van der Waals surface area contributed by atoms with Crippen molar-refractivity contribution in [1.82, 2.24) is 19.4 Å². The van der Waals surface area contributed by atoms with Crippen LogP contribution in [0.15, 0.2) is 29.5 Å². The molecule has 1 aliphatic heterocycles. The third-order valence-electron chi connectivity index (χ3n) is 4.46. The molecule has 0 spiro atoms. The molecule has 8 heteroatoms. The van der Waals surface area contributed by atoms with E-state index in [9.17, 15) is 9.59 Å². The Balaban J connectivity index is 1.74. The second-order valence-corrected chi connectivity index (χ2v) is 6.53. The first-order valence-electron chi connectivity index (χ1n) is 8.27. The van der Waals surface area contributed by atoms with E-state index in [1.54, 1.807) is 18.2 Å². The summed E-state index contributed by atoms with van der Waals surface area (Å²) < 4.78 is 7.22. The number of imidazole rings is 1. The van der Waals surface area contributed by atoms with Crippen molar-refractivity contribution in [3.05, 3.63) is 51.4 Å². The number of hydrogen-bond donors (Lipinski definition) is 1. The van der Waals surface area contributed by atoms with Crippen LogP contribution < -0.4 is 5.56 Å². The number of ether oxygens (including phenoxy) is 1. The van der Waals surface area contributed by atoms with Gasteiger partial charge in [0.2, 0.25) is 0 Å². The van der Waals surface area contributed by atoms with Crippen molar-refractivity contribution in [2.24, 2.45) is 0 Å². The first kappa shape index (κ1) is 17.7. The van der Waals surface area contributed by atoms with Crippen LogP contribution in [-0.2, 0) is 11.3 Å². The average Bonchev–Trinajstić information content (AvgIpc) is 3.10. The molecule has 0 radical (unpaired) electrons. The van der Waals surface area contributed by atoms with E-state index in [1.165, 1.54) is 12.3 Å². The largest absolute Gasteiger partial charge is 0.383 e. The minimum Gasteiger partial charge on any atom is -0.383 e. The number of H-pyrrole nitrogens is 1. The van der Waals surface area contributed by atoms with Gasteiger partial charge < -0.3 is 19.2 Å². The lowest BCUT2D eigenvalue weighted by atomic mass is 9.96. The number of aromatic amines is 1. The Labute approximate surface area is 150 Å². The first-order chi connectivity index (χ1) is 12.1. The molecule has 3 heterocycles. The number of carbonyl (C=O) groups excluding carboxylic acids is 1. The molecule has 25 heavy (non-hydrogen) atoms. The van der Waals surface area contributed by atoms with Gasteiger partial charge in [0.05, 0.1) is 12.2 Å². The quantitative estimate of drug-likeness (QED) is 0.878. The van der Waals surface area contributed by atoms with Crippen LogP contribution in [0, 0.1) is 0 Å². The number of halogens is 1. The van der Waals surface area contributed by atoms with Crippen LogP contribution in [0.5, 0.6) is 0 Å². The topological polar surface area (TPSA) is 80.2 Å². The maximum atomic E-state index is 12.7. The fourth-order valence-electron chi connectivity index (χ4n) is 3.19. The number of carbonyl (C=O) groups is 1. The van der Waals surface area contributed by atoms with E-state index in [2.05, 4.69) is 14.5 Å². The van der Waals surface area contributed by atoms with Crippen LogP contribution in [-0.4, -0.2) is 52.1 Å². The molecule has 0 aromatic carbocycles. The molecular weight excluding hydrogens is 344 g/mol. The van der Waals surface area contributed by atoms with E-state index < -0.39 is 5.56 Å². The van der Waals surface area contributed by atoms with Gasteiger partial charge in [-0.25, -0.2) is 4.98 Å². The monoisotopic (exact) mass is 364 g/mol. The minimum atomic E-state index is -0.394. The number of rotatable bonds is 5. The predicted molar refractivity (Wildman–Crippen MR) is 94.1 cm³/mol. The van der Waals surface area contributed by atoms with Gasteiger partial charge in [-0.2, -0.15) is 0 Å². The fourth-order valence-corrected chi connectivity index (χ4v) is 3.37. The molecular formula is C17H21ClN4O3. The lowest BCUT2D eigenvalue weighted by molar-refractivity contribution is 0.0702. The van der Waals surface area contributed by atoms with Gasteiger partial charge in [-0.3, -0.25) is 9.59 Å². The van der Waals surface area contributed by atoms with Gasteiger partial charge in [0.25, 0.3) is 11.5 Å². The third kappa shape index (κ3) is 3.93. The molecule has 0 bridgehead atoms. The minimum absolute atomic E-state index is 0.0227. The Morgan fingerprint density at radius 1 is 1.52 bits per heavy atom. The van der Waals surface area contributed by atoms with Gasteiger partial charge in [-0.05, 0) is 18.9 Å². The summed E-state index contributed by atoms with van der Waals surface area (Å²) in [6, 6.07) is 1.42. The number of amides is 1. The van der Waals surface area contributed by atoms with Crippen LogP contribution in [0.1, 0.15) is 34.9 Å². The molecule has 0 aliphatic carbocycles. The standard InChI is InChI=1S/C17H21ClN4O3/c1-25-8-7-21-6-4-19-15(21)12-3-2-5-22(11-12)17(24)13-9-14(18)16(23)20-10-13/h4,6,9-10,12H,2-3,5,7-8,11H2,1H3,(H,20,23)/t12-/m1/s1. The lowest BCUT2D eigenvalue weighted by Crippen LogP contribution is -2.40. The Morgan fingerprint density at radius 2 is 2.36 bits per heavy atom. The summed E-state index contributed by atoms with van der Waals surface area (Å²) in [5, 5.41) is 0.0227. The summed E-state index contributed by atoms with van der Waals surface area (Å²) in [6.07, 6.45) is 7.04. The zero-order valence-corrected chi connectivity index (χ0v) is 14.8. The van der Waals surface area contributed by atoms with Gasteiger partial charge in [0, 0.05) is 51.3 Å². The normalized spacial score (nSPS) is 17.7. The summed E-state index contributed by atoms with van der Waals surface area (Å²) in [4.78, 5) is 32.9. The van der Waals surface area contributed by atoms with Gasteiger partial charge in [0.15, 0.2) is 0 Å². The fraction of sp³-hybridized carbons (Fsp3) is 0.471. The van der Waals surface area contributed by atoms with Crippen molar-refractivity contribution in [3.8, 4) is 0 Å². The first-order valence-corrected chi connectivity index (χ1v) is 8.65. The Bertz CT molecular complexity index is 801.